The summed E-state index contributed by atoms with van der Waals surface area (Å²) in [6.07, 6.45) is 0. The van der Waals surface area contributed by atoms with Crippen LogP contribution in [0, 0.1) is 33.8 Å². The lowest BCUT2D eigenvalue weighted by atomic mass is 9.95. The first-order valence-electron chi connectivity index (χ1n) is 4.25. The van der Waals surface area contributed by atoms with Gasteiger partial charge in [-0.1, -0.05) is 6.07 Å². The summed E-state index contributed by atoms with van der Waals surface area (Å²) in [6.45, 7) is 8.15. The summed E-state index contributed by atoms with van der Waals surface area (Å²) < 4.78 is 0. The second-order valence-corrected chi connectivity index (χ2v) is 3.35. The van der Waals surface area contributed by atoms with Crippen LogP contribution in [0.5, 0.6) is 0 Å². The van der Waals surface area contributed by atoms with E-state index in [9.17, 15) is 0 Å². The van der Waals surface area contributed by atoms with Crippen LogP contribution in [0.3, 0.4) is 0 Å². The van der Waals surface area contributed by atoms with Crippen LogP contribution >= 0.6 is 0 Å². The molecular formula is C11H14NO+. The van der Waals surface area contributed by atoms with Crippen molar-refractivity contribution in [3.8, 4) is 6.07 Å². The van der Waals surface area contributed by atoms with Crippen LogP contribution in [-0.2, 0) is 0 Å². The molecule has 2 heteroatoms. The normalized spacial score (nSPS) is 9.23. The van der Waals surface area contributed by atoms with Gasteiger partial charge in [-0.3, -0.25) is 0 Å². The van der Waals surface area contributed by atoms with Crippen LogP contribution in [0.1, 0.15) is 27.8 Å². The van der Waals surface area contributed by atoms with Crippen LogP contribution in [0.2, 0.25) is 0 Å². The van der Waals surface area contributed by atoms with Crippen LogP contribution in [0.4, 0.5) is 0 Å². The third-order valence-corrected chi connectivity index (χ3v) is 2.52. The minimum Gasteiger partial charge on any atom is -0.177 e. The average molecular weight is 176 g/mol. The zero-order valence-electron chi connectivity index (χ0n) is 8.47. The van der Waals surface area contributed by atoms with Gasteiger partial charge >= 0.3 is 6.07 Å². The van der Waals surface area contributed by atoms with Gasteiger partial charge in [0.1, 0.15) is 5.56 Å². The molecular weight excluding hydrogens is 162 g/mol. The lowest BCUT2D eigenvalue weighted by Gasteiger charge is -2.07. The zero-order valence-corrected chi connectivity index (χ0v) is 8.47. The van der Waals surface area contributed by atoms with E-state index >= 15 is 0 Å². The van der Waals surface area contributed by atoms with Crippen molar-refractivity contribution >= 4 is 0 Å². The molecule has 1 aromatic carbocycles. The highest BCUT2D eigenvalue weighted by Crippen LogP contribution is 2.20. The van der Waals surface area contributed by atoms with E-state index in [-0.39, 0.29) is 0 Å². The third kappa shape index (κ3) is 1.65. The summed E-state index contributed by atoms with van der Waals surface area (Å²) in [5, 5.41) is 11.4. The summed E-state index contributed by atoms with van der Waals surface area (Å²) in [7, 11) is 0. The molecule has 0 atom stereocenters. The van der Waals surface area contributed by atoms with Gasteiger partial charge in [-0.2, -0.15) is 5.21 Å². The number of nitrogens with zero attached hydrogens (tertiary/aromatic N) is 1. The van der Waals surface area contributed by atoms with Gasteiger partial charge in [0, 0.05) is 0 Å². The van der Waals surface area contributed by atoms with Gasteiger partial charge in [0.25, 0.3) is 0 Å². The number of hydrogen-bond donors (Lipinski definition) is 1. The fraction of sp³-hybridized carbons (Fsp3) is 0.364. The molecule has 0 aromatic heterocycles. The Balaban J connectivity index is 3.49. The van der Waals surface area contributed by atoms with Crippen molar-refractivity contribution in [3.05, 3.63) is 38.9 Å². The summed E-state index contributed by atoms with van der Waals surface area (Å²) >= 11 is 0. The lowest BCUT2D eigenvalue weighted by molar-refractivity contribution is 0.465. The van der Waals surface area contributed by atoms with E-state index in [2.05, 4.69) is 31.0 Å². The number of aryl methyl sites for hydroxylation is 2. The van der Waals surface area contributed by atoms with Crippen LogP contribution in [0.15, 0.2) is 6.07 Å². The predicted molar refractivity (Wildman–Crippen MR) is 53.5 cm³/mol. The van der Waals surface area contributed by atoms with E-state index in [1.54, 1.807) is 0 Å². The van der Waals surface area contributed by atoms with E-state index in [0.29, 0.717) is 0 Å². The van der Waals surface area contributed by atoms with Crippen LogP contribution in [0.25, 0.3) is 5.01 Å². The Kier molecular flexibility index (Phi) is 2.57. The molecule has 2 nitrogen and oxygen atoms in total. The molecule has 0 bridgehead atoms. The fourth-order valence-corrected chi connectivity index (χ4v) is 1.51. The Bertz CT molecular complexity index is 397. The van der Waals surface area contributed by atoms with Crippen molar-refractivity contribution < 1.29 is 5.21 Å². The third-order valence-electron chi connectivity index (χ3n) is 2.52. The van der Waals surface area contributed by atoms with Gasteiger partial charge in [-0.05, 0) is 49.9 Å². The molecule has 0 aliphatic heterocycles. The minimum absolute atomic E-state index is 0.894. The molecule has 0 aliphatic carbocycles. The van der Waals surface area contributed by atoms with E-state index < -0.39 is 0 Å². The Hall–Kier alpha value is -1.49. The number of rotatable bonds is 0. The number of hydrogen-bond acceptors (Lipinski definition) is 1. The minimum atomic E-state index is 0.894. The molecule has 1 N–H and O–H groups in total. The smallest absolute Gasteiger partial charge is 0.177 e. The van der Waals surface area contributed by atoms with E-state index in [0.717, 1.165) is 16.7 Å². The Labute approximate surface area is 78.6 Å². The van der Waals surface area contributed by atoms with Crippen molar-refractivity contribution in [1.82, 2.24) is 0 Å². The summed E-state index contributed by atoms with van der Waals surface area (Å²) in [6, 6.07) is 4.67. The van der Waals surface area contributed by atoms with Gasteiger partial charge in [0.05, 0.1) is 0 Å². The monoisotopic (exact) mass is 176 g/mol. The topological polar surface area (TPSA) is 24.6 Å². The van der Waals surface area contributed by atoms with Crippen molar-refractivity contribution in [2.45, 2.75) is 27.7 Å². The van der Waals surface area contributed by atoms with Gasteiger partial charge in [-0.25, -0.2) is 0 Å². The highest BCUT2D eigenvalue weighted by molar-refractivity contribution is 5.50. The molecule has 13 heavy (non-hydrogen) atoms. The first kappa shape index (κ1) is 9.60. The summed E-state index contributed by atoms with van der Waals surface area (Å²) in [4.78, 5) is 0. The molecule has 0 aliphatic rings. The van der Waals surface area contributed by atoms with Gasteiger partial charge in [-0.15, -0.1) is 0 Å². The molecule has 1 rings (SSSR count). The molecule has 68 valence electrons. The molecule has 0 saturated carbocycles. The van der Waals surface area contributed by atoms with Gasteiger partial charge in [0.2, 0.25) is 5.01 Å². The van der Waals surface area contributed by atoms with Crippen molar-refractivity contribution in [3.63, 3.8) is 0 Å². The Morgan fingerprint density at radius 1 is 1.08 bits per heavy atom. The van der Waals surface area contributed by atoms with Crippen LogP contribution < -0.4 is 0 Å². The summed E-state index contributed by atoms with van der Waals surface area (Å²) in [5.41, 5.74) is 5.62. The van der Waals surface area contributed by atoms with E-state index in [1.807, 2.05) is 13.8 Å². The standard InChI is InChI=1S/C11H13NO/c1-7-5-8(2)11(6-12-13)10(4)9(7)3/h5H,1-4H3/p+1. The highest BCUT2D eigenvalue weighted by Gasteiger charge is 2.10. The maximum absolute atomic E-state index is 8.44. The van der Waals surface area contributed by atoms with E-state index in [1.165, 1.54) is 11.1 Å². The molecule has 0 fully saturated rings. The molecule has 0 radical (unpaired) electrons. The van der Waals surface area contributed by atoms with E-state index in [4.69, 9.17) is 5.21 Å². The van der Waals surface area contributed by atoms with Gasteiger partial charge < -0.3 is 0 Å². The molecule has 0 spiro atoms. The fourth-order valence-electron chi connectivity index (χ4n) is 1.51. The first-order valence-corrected chi connectivity index (χ1v) is 4.25. The number of benzene rings is 1. The average Bonchev–Trinajstić information content (AvgIpc) is 2.09. The van der Waals surface area contributed by atoms with Crippen molar-refractivity contribution in [2.75, 3.05) is 0 Å². The molecule has 1 aromatic rings. The first-order chi connectivity index (χ1) is 6.07. The second-order valence-electron chi connectivity index (χ2n) is 3.35. The predicted octanol–water partition coefficient (Wildman–Crippen LogP) is 2.99. The Morgan fingerprint density at radius 2 is 1.69 bits per heavy atom. The lowest BCUT2D eigenvalue weighted by Crippen LogP contribution is -1.94. The Morgan fingerprint density at radius 3 is 2.23 bits per heavy atom. The SMILES string of the molecule is Cc1cc(C)c(C#[N+]O)c(C)c1C. The maximum Gasteiger partial charge on any atom is 0.388 e. The second kappa shape index (κ2) is 3.49. The van der Waals surface area contributed by atoms with Gasteiger partial charge in [0.15, 0.2) is 0 Å². The molecule has 0 amide bonds. The summed E-state index contributed by atoms with van der Waals surface area (Å²) in [5.74, 6) is 0. The quantitative estimate of drug-likeness (QED) is 0.604. The maximum atomic E-state index is 8.44. The van der Waals surface area contributed by atoms with Crippen molar-refractivity contribution in [1.29, 1.82) is 0 Å². The largest absolute Gasteiger partial charge is 0.388 e. The molecule has 0 saturated heterocycles. The molecule has 0 unspecified atom stereocenters. The highest BCUT2D eigenvalue weighted by atomic mass is 16.4. The van der Waals surface area contributed by atoms with Crippen molar-refractivity contribution in [2.24, 2.45) is 0 Å². The zero-order chi connectivity index (χ0) is 10.0. The van der Waals surface area contributed by atoms with Crippen LogP contribution in [-0.4, -0.2) is 5.21 Å². The molecule has 0 heterocycles.